The molecule has 4 aliphatic heterocycles. The number of allylic oxidation sites excluding steroid dienone is 2. The Bertz CT molecular complexity index is 2110. The Kier molecular flexibility index (Phi) is 15.3. The fourth-order valence-electron chi connectivity index (χ4n) is 16.1. The molecule has 9 rings (SSSR count). The summed E-state index contributed by atoms with van der Waals surface area (Å²) in [6.07, 6.45) is -22.8. The summed E-state index contributed by atoms with van der Waals surface area (Å²) >= 11 is 0. The molecule has 422 valence electrons. The van der Waals surface area contributed by atoms with Crippen LogP contribution in [0.5, 0.6) is 0 Å². The van der Waals surface area contributed by atoms with Gasteiger partial charge in [0.05, 0.1) is 31.5 Å². The van der Waals surface area contributed by atoms with Gasteiger partial charge in [-0.1, -0.05) is 60.1 Å². The second-order valence-electron chi connectivity index (χ2n) is 25.5. The van der Waals surface area contributed by atoms with Gasteiger partial charge in [0.25, 0.3) is 0 Å². The number of rotatable bonds is 10. The quantitative estimate of drug-likeness (QED) is 0.0734. The number of aliphatic hydroxyl groups is 11. The van der Waals surface area contributed by atoms with Crippen molar-refractivity contribution in [1.29, 1.82) is 0 Å². The van der Waals surface area contributed by atoms with Gasteiger partial charge >= 0.3 is 11.9 Å². The van der Waals surface area contributed by atoms with E-state index in [-0.39, 0.29) is 47.5 Å². The van der Waals surface area contributed by atoms with E-state index < -0.39 is 164 Å². The second kappa shape index (κ2) is 19.9. The van der Waals surface area contributed by atoms with E-state index in [0.29, 0.717) is 32.1 Å². The number of hydrogen-bond acceptors (Lipinski definition) is 21. The van der Waals surface area contributed by atoms with Crippen LogP contribution in [0.1, 0.15) is 113 Å². The summed E-state index contributed by atoms with van der Waals surface area (Å²) in [7, 11) is 0. The molecule has 0 aromatic rings. The SMILES string of the molecule is CC1OC(OC2C(OC(=O)[C@]34CCC(C)(C)C[C@H]3C3=CCC5[C@@]6(C)CC[C@H](OC7OC(C(=O)O)C(O)C(O)C7O)C(C)(C)C6CC[C@@]5(C)[C@]3(C)CC4O)OC(CO)C2O)C(O)C(O)C1OC1OCC(O)C(O)C1O. The van der Waals surface area contributed by atoms with E-state index in [1.165, 1.54) is 6.92 Å². The van der Waals surface area contributed by atoms with Crippen LogP contribution >= 0.6 is 0 Å². The Morgan fingerprint density at radius 2 is 1.31 bits per heavy atom. The van der Waals surface area contributed by atoms with E-state index in [4.69, 9.17) is 37.9 Å². The molecule has 9 aliphatic rings. The molecule has 5 aliphatic carbocycles. The summed E-state index contributed by atoms with van der Waals surface area (Å²) < 4.78 is 47.3. The summed E-state index contributed by atoms with van der Waals surface area (Å²) in [5.41, 5.74) is -2.34. The first-order chi connectivity index (χ1) is 34.5. The molecule has 0 radical (unpaired) electrons. The predicted octanol–water partition coefficient (Wildman–Crippen LogP) is -0.666. The van der Waals surface area contributed by atoms with E-state index in [1.54, 1.807) is 0 Å². The number of hydrogen-bond donors (Lipinski definition) is 12. The number of ether oxygens (including phenoxy) is 8. The van der Waals surface area contributed by atoms with E-state index in [1.807, 2.05) is 0 Å². The van der Waals surface area contributed by atoms with Crippen molar-refractivity contribution < 1.29 is 109 Å². The Labute approximate surface area is 430 Å². The average molecular weight is 1060 g/mol. The fraction of sp³-hybridized carbons (Fsp3) is 0.923. The first kappa shape index (κ1) is 56.7. The normalized spacial score (nSPS) is 53.9. The minimum atomic E-state index is -1.86. The average Bonchev–Trinajstić information content (AvgIpc) is 3.62. The third kappa shape index (κ3) is 8.84. The van der Waals surface area contributed by atoms with Crippen LogP contribution in [0.2, 0.25) is 0 Å². The largest absolute Gasteiger partial charge is 0.479 e. The van der Waals surface area contributed by atoms with Crippen LogP contribution in [0.3, 0.4) is 0 Å². The van der Waals surface area contributed by atoms with Crippen LogP contribution in [0.15, 0.2) is 11.6 Å². The molecule has 22 heteroatoms. The summed E-state index contributed by atoms with van der Waals surface area (Å²) in [5, 5.41) is 129. The molecule has 0 bridgehead atoms. The van der Waals surface area contributed by atoms with Gasteiger partial charge in [-0.15, -0.1) is 0 Å². The number of carbonyl (C=O) groups is 2. The minimum absolute atomic E-state index is 0.0881. The molecule has 0 spiro atoms. The van der Waals surface area contributed by atoms with Crippen molar-refractivity contribution in [2.45, 2.75) is 236 Å². The van der Waals surface area contributed by atoms with E-state index in [0.717, 1.165) is 18.4 Å². The van der Waals surface area contributed by atoms with Gasteiger partial charge in [0.1, 0.15) is 72.6 Å². The van der Waals surface area contributed by atoms with Crippen LogP contribution in [0, 0.1) is 50.2 Å². The van der Waals surface area contributed by atoms with Crippen LogP contribution < -0.4 is 0 Å². The first-order valence-electron chi connectivity index (χ1n) is 26.6. The van der Waals surface area contributed by atoms with Crippen molar-refractivity contribution in [2.75, 3.05) is 13.2 Å². The van der Waals surface area contributed by atoms with Crippen molar-refractivity contribution >= 4 is 11.9 Å². The molecule has 4 heterocycles. The van der Waals surface area contributed by atoms with Crippen LogP contribution in [-0.4, -0.2) is 209 Å². The zero-order valence-electron chi connectivity index (χ0n) is 43.6. The van der Waals surface area contributed by atoms with Gasteiger partial charge in [0.2, 0.25) is 6.29 Å². The molecule has 0 aromatic carbocycles. The van der Waals surface area contributed by atoms with Crippen molar-refractivity contribution in [3.05, 3.63) is 11.6 Å². The van der Waals surface area contributed by atoms with Crippen molar-refractivity contribution in [1.82, 2.24) is 0 Å². The lowest BCUT2D eigenvalue weighted by Crippen LogP contribution is -2.68. The molecule has 22 nitrogen and oxygen atoms in total. The predicted molar refractivity (Wildman–Crippen MR) is 251 cm³/mol. The van der Waals surface area contributed by atoms with Gasteiger partial charge in [-0.2, -0.15) is 0 Å². The monoisotopic (exact) mass is 1060 g/mol. The Hall–Kier alpha value is -2.04. The van der Waals surface area contributed by atoms with Gasteiger partial charge in [0.15, 0.2) is 31.1 Å². The molecule has 4 saturated carbocycles. The van der Waals surface area contributed by atoms with E-state index in [9.17, 15) is 66.1 Å². The van der Waals surface area contributed by atoms with Gasteiger partial charge in [-0.25, -0.2) is 4.79 Å². The standard InChI is InChI=1S/C52H82O22/c1-21-38(71-42-35(61)30(56)24(54)20-67-42)34(60)37(63)43(68-21)73-40-31(57)25(19-53)69-45(40)74-46(66)52-16-15-47(2,3)17-23(52)22-9-10-27-49(6)13-12-29(70-44-36(62)32(58)33(59)39(72-44)41(64)65)48(4,5)26(49)11-14-50(27,7)51(22,8)18-28(52)55/h9,21,23-40,42-45,53-63H,10-20H2,1-8H3,(H,64,65)/t21?,23-,24?,25?,26?,27?,28?,29-,30?,31?,32?,33?,34?,35?,36?,37?,38?,39?,40?,42?,43?,44?,45?,49-,50+,51+,52+/m0/s1. The lowest BCUT2D eigenvalue weighted by molar-refractivity contribution is -0.354. The number of aliphatic hydroxyl groups excluding tert-OH is 11. The molecule has 27 atom stereocenters. The lowest BCUT2D eigenvalue weighted by atomic mass is 9.33. The van der Waals surface area contributed by atoms with Gasteiger partial charge in [-0.3, -0.25) is 4.79 Å². The highest BCUT2D eigenvalue weighted by Gasteiger charge is 2.72. The summed E-state index contributed by atoms with van der Waals surface area (Å²) in [4.78, 5) is 27.2. The van der Waals surface area contributed by atoms with Gasteiger partial charge in [-0.05, 0) is 110 Å². The third-order valence-corrected chi connectivity index (χ3v) is 20.6. The molecule has 0 aromatic heterocycles. The Morgan fingerprint density at radius 3 is 1.99 bits per heavy atom. The molecular weight excluding hydrogens is 977 g/mol. The number of fused-ring (bicyclic) bond motifs is 7. The molecule has 0 amide bonds. The Morgan fingerprint density at radius 1 is 0.662 bits per heavy atom. The minimum Gasteiger partial charge on any atom is -0.479 e. The number of aliphatic carboxylic acids is 1. The first-order valence-corrected chi connectivity index (χ1v) is 26.6. The van der Waals surface area contributed by atoms with Gasteiger partial charge in [0, 0.05) is 0 Å². The number of esters is 1. The van der Waals surface area contributed by atoms with Crippen molar-refractivity contribution in [3.8, 4) is 0 Å². The maximum absolute atomic E-state index is 15.3. The topological polar surface area (TPSA) is 351 Å². The summed E-state index contributed by atoms with van der Waals surface area (Å²) in [5.74, 6) is -2.53. The summed E-state index contributed by atoms with van der Waals surface area (Å²) in [6.45, 7) is 15.8. The summed E-state index contributed by atoms with van der Waals surface area (Å²) in [6, 6.07) is 0. The molecule has 8 fully saturated rings. The number of carbonyl (C=O) groups excluding carboxylic acids is 1. The highest BCUT2D eigenvalue weighted by Crippen LogP contribution is 2.76. The molecule has 74 heavy (non-hydrogen) atoms. The zero-order valence-corrected chi connectivity index (χ0v) is 43.6. The molecule has 21 unspecified atom stereocenters. The maximum Gasteiger partial charge on any atom is 0.335 e. The van der Waals surface area contributed by atoms with Crippen molar-refractivity contribution in [2.24, 2.45) is 50.2 Å². The third-order valence-electron chi connectivity index (χ3n) is 20.6. The Balaban J connectivity index is 0.944. The number of carboxylic acid groups (broad SMARTS) is 1. The highest BCUT2D eigenvalue weighted by molar-refractivity contribution is 5.80. The van der Waals surface area contributed by atoms with E-state index >= 15 is 4.79 Å². The maximum atomic E-state index is 15.3. The second-order valence-corrected chi connectivity index (χ2v) is 25.5. The smallest absolute Gasteiger partial charge is 0.335 e. The number of carboxylic acids is 1. The van der Waals surface area contributed by atoms with Crippen LogP contribution in [0.4, 0.5) is 0 Å². The molecule has 12 N–H and O–H groups in total. The highest BCUT2D eigenvalue weighted by atomic mass is 16.8. The van der Waals surface area contributed by atoms with E-state index in [2.05, 4.69) is 54.5 Å². The zero-order chi connectivity index (χ0) is 54.2. The van der Waals surface area contributed by atoms with Crippen LogP contribution in [-0.2, 0) is 47.5 Å². The fourth-order valence-corrected chi connectivity index (χ4v) is 16.1. The van der Waals surface area contributed by atoms with Crippen LogP contribution in [0.25, 0.3) is 0 Å². The van der Waals surface area contributed by atoms with Gasteiger partial charge < -0.3 is 99.2 Å². The molecule has 4 saturated heterocycles. The lowest BCUT2D eigenvalue weighted by Gasteiger charge is -2.71. The molecular formula is C52H82O22. The van der Waals surface area contributed by atoms with Crippen molar-refractivity contribution in [3.63, 3.8) is 0 Å².